The van der Waals surface area contributed by atoms with E-state index in [0.717, 1.165) is 0 Å². The Hall–Kier alpha value is -1.19. The summed E-state index contributed by atoms with van der Waals surface area (Å²) >= 11 is 0. The van der Waals surface area contributed by atoms with Crippen molar-refractivity contribution in [2.45, 2.75) is 6.18 Å². The molecule has 0 aromatic heterocycles. The molecule has 1 nitrogen and oxygen atoms in total. The topological polar surface area (TPSA) is 12.0 Å². The molecule has 0 radical (unpaired) electrons. The number of allylic oxidation sites excluding steroid dienone is 4. The Labute approximate surface area is 73.6 Å². The minimum atomic E-state index is -4.16. The van der Waals surface area contributed by atoms with E-state index in [1.807, 2.05) is 0 Å². The monoisotopic (exact) mass is 187 g/mol. The van der Waals surface area contributed by atoms with E-state index in [-0.39, 0.29) is 0 Å². The fourth-order valence-electron chi connectivity index (χ4n) is 1.63. The van der Waals surface area contributed by atoms with Gasteiger partial charge in [0.25, 0.3) is 0 Å². The number of alkyl halides is 3. The molecular formula is C9H8F3N. The second kappa shape index (κ2) is 2.65. The van der Waals surface area contributed by atoms with E-state index in [2.05, 4.69) is 5.32 Å². The minimum absolute atomic E-state index is 0.551. The molecule has 2 atom stereocenters. The molecule has 1 aliphatic carbocycles. The first-order chi connectivity index (χ1) is 6.09. The lowest BCUT2D eigenvalue weighted by atomic mass is 9.86. The zero-order valence-corrected chi connectivity index (χ0v) is 6.68. The van der Waals surface area contributed by atoms with Gasteiger partial charge in [0.1, 0.15) is 0 Å². The third-order valence-corrected chi connectivity index (χ3v) is 2.27. The Morgan fingerprint density at radius 1 is 1.23 bits per heavy atom. The van der Waals surface area contributed by atoms with Gasteiger partial charge in [-0.15, -0.1) is 0 Å². The molecule has 1 N–H and O–H groups in total. The maximum absolute atomic E-state index is 12.4. The van der Waals surface area contributed by atoms with Crippen LogP contribution in [-0.4, -0.2) is 6.18 Å². The van der Waals surface area contributed by atoms with Crippen LogP contribution >= 0.6 is 0 Å². The zero-order valence-electron chi connectivity index (χ0n) is 6.68. The second-order valence-corrected chi connectivity index (χ2v) is 3.10. The van der Waals surface area contributed by atoms with Crippen LogP contribution in [0, 0.1) is 11.8 Å². The van der Waals surface area contributed by atoms with Crippen molar-refractivity contribution in [2.24, 2.45) is 11.8 Å². The van der Waals surface area contributed by atoms with Crippen LogP contribution in [0.3, 0.4) is 0 Å². The summed E-state index contributed by atoms with van der Waals surface area (Å²) in [5.74, 6) is -1.93. The van der Waals surface area contributed by atoms with Gasteiger partial charge in [-0.25, -0.2) is 0 Å². The van der Waals surface area contributed by atoms with Crippen molar-refractivity contribution in [3.05, 3.63) is 36.2 Å². The number of nitrogens with one attached hydrogen (secondary N) is 1. The van der Waals surface area contributed by atoms with Crippen molar-refractivity contribution in [2.75, 3.05) is 0 Å². The third-order valence-electron chi connectivity index (χ3n) is 2.27. The number of halogens is 3. The molecule has 1 aliphatic heterocycles. The highest BCUT2D eigenvalue weighted by molar-refractivity contribution is 5.31. The predicted octanol–water partition coefficient (Wildman–Crippen LogP) is 2.35. The molecule has 13 heavy (non-hydrogen) atoms. The average molecular weight is 187 g/mol. The van der Waals surface area contributed by atoms with Crippen LogP contribution in [0.2, 0.25) is 0 Å². The fraction of sp³-hybridized carbons (Fsp3) is 0.333. The summed E-state index contributed by atoms with van der Waals surface area (Å²) in [5.41, 5.74) is 0.629. The third kappa shape index (κ3) is 1.36. The molecule has 0 aromatic carbocycles. The van der Waals surface area contributed by atoms with Crippen LogP contribution < -0.4 is 5.32 Å². The lowest BCUT2D eigenvalue weighted by Gasteiger charge is -2.25. The van der Waals surface area contributed by atoms with Crippen LogP contribution in [-0.2, 0) is 0 Å². The van der Waals surface area contributed by atoms with Gasteiger partial charge in [0.15, 0.2) is 0 Å². The van der Waals surface area contributed by atoms with E-state index in [1.165, 1.54) is 12.2 Å². The van der Waals surface area contributed by atoms with Crippen LogP contribution in [0.25, 0.3) is 0 Å². The van der Waals surface area contributed by atoms with Crippen LogP contribution in [0.4, 0.5) is 13.2 Å². The molecule has 4 heteroatoms. The Morgan fingerprint density at radius 2 is 2.00 bits per heavy atom. The van der Waals surface area contributed by atoms with Crippen molar-refractivity contribution in [1.29, 1.82) is 0 Å². The molecular weight excluding hydrogens is 179 g/mol. The molecule has 2 aliphatic rings. The summed E-state index contributed by atoms with van der Waals surface area (Å²) in [5, 5.41) is 2.79. The van der Waals surface area contributed by atoms with E-state index in [0.29, 0.717) is 5.70 Å². The Bertz CT molecular complexity index is 298. The number of fused-ring (bicyclic) bond motifs is 1. The average Bonchev–Trinajstić information content (AvgIpc) is 2.48. The SMILES string of the molecule is FC(F)(F)C1C=CC=C2NC=CC21. The summed E-state index contributed by atoms with van der Waals surface area (Å²) in [6.45, 7) is 0. The highest BCUT2D eigenvalue weighted by Gasteiger charge is 2.45. The van der Waals surface area contributed by atoms with Gasteiger partial charge < -0.3 is 5.32 Å². The van der Waals surface area contributed by atoms with E-state index >= 15 is 0 Å². The highest BCUT2D eigenvalue weighted by Crippen LogP contribution is 2.40. The largest absolute Gasteiger partial charge is 0.396 e. The van der Waals surface area contributed by atoms with Gasteiger partial charge >= 0.3 is 6.18 Å². The van der Waals surface area contributed by atoms with E-state index < -0.39 is 18.0 Å². The summed E-state index contributed by atoms with van der Waals surface area (Å²) in [6.07, 6.45) is 3.27. The van der Waals surface area contributed by atoms with E-state index in [4.69, 9.17) is 0 Å². The summed E-state index contributed by atoms with van der Waals surface area (Å²) in [7, 11) is 0. The molecule has 0 amide bonds. The number of rotatable bonds is 0. The summed E-state index contributed by atoms with van der Waals surface area (Å²) in [6, 6.07) is 0. The first kappa shape index (κ1) is 8.41. The van der Waals surface area contributed by atoms with Crippen LogP contribution in [0.15, 0.2) is 36.2 Å². The van der Waals surface area contributed by atoms with Gasteiger partial charge in [-0.3, -0.25) is 0 Å². The normalized spacial score (nSPS) is 31.2. The van der Waals surface area contributed by atoms with Crippen molar-refractivity contribution in [3.8, 4) is 0 Å². The molecule has 0 spiro atoms. The van der Waals surface area contributed by atoms with Crippen molar-refractivity contribution >= 4 is 0 Å². The van der Waals surface area contributed by atoms with Gasteiger partial charge in [0.2, 0.25) is 0 Å². The molecule has 2 unspecified atom stereocenters. The number of hydrogen-bond acceptors (Lipinski definition) is 1. The quantitative estimate of drug-likeness (QED) is 0.613. The molecule has 1 heterocycles. The molecule has 0 bridgehead atoms. The fourth-order valence-corrected chi connectivity index (χ4v) is 1.63. The molecule has 0 saturated heterocycles. The number of hydrogen-bond donors (Lipinski definition) is 1. The van der Waals surface area contributed by atoms with Gasteiger partial charge in [-0.1, -0.05) is 18.2 Å². The summed E-state index contributed by atoms with van der Waals surface area (Å²) in [4.78, 5) is 0. The Morgan fingerprint density at radius 3 is 2.69 bits per heavy atom. The first-order valence-electron chi connectivity index (χ1n) is 3.97. The molecule has 2 rings (SSSR count). The Kier molecular flexibility index (Phi) is 1.71. The van der Waals surface area contributed by atoms with Gasteiger partial charge in [-0.2, -0.15) is 13.2 Å². The maximum atomic E-state index is 12.4. The second-order valence-electron chi connectivity index (χ2n) is 3.10. The minimum Gasteiger partial charge on any atom is -0.365 e. The van der Waals surface area contributed by atoms with Crippen molar-refractivity contribution in [1.82, 2.24) is 5.32 Å². The lowest BCUT2D eigenvalue weighted by Crippen LogP contribution is -2.30. The predicted molar refractivity (Wildman–Crippen MR) is 42.5 cm³/mol. The van der Waals surface area contributed by atoms with Crippen LogP contribution in [0.1, 0.15) is 0 Å². The van der Waals surface area contributed by atoms with E-state index in [1.54, 1.807) is 18.4 Å². The molecule has 0 aromatic rings. The Balaban J connectivity index is 2.28. The van der Waals surface area contributed by atoms with Gasteiger partial charge in [0, 0.05) is 11.6 Å². The zero-order chi connectivity index (χ0) is 9.47. The maximum Gasteiger partial charge on any atom is 0.396 e. The molecule has 70 valence electrons. The smallest absolute Gasteiger partial charge is 0.365 e. The standard InChI is InChI=1S/C9H8F3N/c10-9(11,12)7-2-1-3-8-6(7)4-5-13-8/h1-7,13H. The van der Waals surface area contributed by atoms with Gasteiger partial charge in [0.05, 0.1) is 5.92 Å². The molecule has 0 fully saturated rings. The van der Waals surface area contributed by atoms with Gasteiger partial charge in [-0.05, 0) is 12.3 Å². The first-order valence-corrected chi connectivity index (χ1v) is 3.97. The van der Waals surface area contributed by atoms with Crippen molar-refractivity contribution in [3.63, 3.8) is 0 Å². The molecule has 0 saturated carbocycles. The van der Waals surface area contributed by atoms with Crippen LogP contribution in [0.5, 0.6) is 0 Å². The lowest BCUT2D eigenvalue weighted by molar-refractivity contribution is -0.167. The summed E-state index contributed by atoms with van der Waals surface area (Å²) < 4.78 is 37.3. The van der Waals surface area contributed by atoms with Crippen molar-refractivity contribution < 1.29 is 13.2 Å². The van der Waals surface area contributed by atoms with E-state index in [9.17, 15) is 13.2 Å². The highest BCUT2D eigenvalue weighted by atomic mass is 19.4.